The number of ketones is 1. The van der Waals surface area contributed by atoms with Crippen LogP contribution < -0.4 is 5.32 Å². The van der Waals surface area contributed by atoms with Gasteiger partial charge in [0.1, 0.15) is 5.82 Å². The van der Waals surface area contributed by atoms with Crippen molar-refractivity contribution in [3.63, 3.8) is 0 Å². The lowest BCUT2D eigenvalue weighted by molar-refractivity contribution is 0.0696. The minimum atomic E-state index is -1.03. The maximum atomic E-state index is 14.1. The van der Waals surface area contributed by atoms with E-state index in [1.165, 1.54) is 35.6 Å². The van der Waals surface area contributed by atoms with Crippen LogP contribution in [0.4, 0.5) is 4.39 Å². The molecule has 0 atom stereocenters. The van der Waals surface area contributed by atoms with Crippen LogP contribution in [0.25, 0.3) is 32.0 Å². The second kappa shape index (κ2) is 10.8. The van der Waals surface area contributed by atoms with Crippen LogP contribution in [-0.4, -0.2) is 22.8 Å². The molecule has 0 radical (unpaired) electrons. The first-order chi connectivity index (χ1) is 19.9. The molecule has 0 saturated carbocycles. The molecule has 5 aromatic carbocycles. The van der Waals surface area contributed by atoms with E-state index in [1.54, 1.807) is 41.8 Å². The van der Waals surface area contributed by atoms with Crippen LogP contribution in [0, 0.1) is 5.82 Å². The Hall–Kier alpha value is -5.14. The fraction of sp³-hybridized carbons (Fsp3) is 0.0294. The summed E-state index contributed by atoms with van der Waals surface area (Å²) in [7, 11) is 0. The summed E-state index contributed by atoms with van der Waals surface area (Å²) in [5, 5.41) is 16.3. The summed E-state index contributed by atoms with van der Waals surface area (Å²) < 4.78 is 14.8. The molecule has 200 valence electrons. The highest BCUT2D eigenvalue weighted by Gasteiger charge is 2.22. The fourth-order valence-corrected chi connectivity index (χ4v) is 5.88. The number of nitrogens with one attached hydrogen (secondary N) is 1. The van der Waals surface area contributed by atoms with Gasteiger partial charge < -0.3 is 10.4 Å². The Bertz CT molecular complexity index is 1980. The lowest BCUT2D eigenvalue weighted by Crippen LogP contribution is -2.23. The van der Waals surface area contributed by atoms with Crippen molar-refractivity contribution in [2.75, 3.05) is 0 Å². The SMILES string of the molecule is O=C(O)c1ccc(CNC(=O)c2cc(-c3cccc(F)c3)cc3scc(C(=O)c4ccc5ccccc5c4)c23)cc1. The van der Waals surface area contributed by atoms with Crippen LogP contribution in [0.1, 0.15) is 42.2 Å². The average molecular weight is 560 g/mol. The van der Waals surface area contributed by atoms with Crippen LogP contribution in [0.15, 0.2) is 109 Å². The Balaban J connectivity index is 1.41. The summed E-state index contributed by atoms with van der Waals surface area (Å²) in [6.45, 7) is 0.155. The van der Waals surface area contributed by atoms with Gasteiger partial charge in [-0.25, -0.2) is 9.18 Å². The molecule has 0 spiro atoms. The van der Waals surface area contributed by atoms with Crippen molar-refractivity contribution in [1.29, 1.82) is 0 Å². The molecule has 0 aliphatic rings. The Labute approximate surface area is 238 Å². The van der Waals surface area contributed by atoms with E-state index in [9.17, 15) is 18.8 Å². The van der Waals surface area contributed by atoms with Gasteiger partial charge in [0.15, 0.2) is 5.78 Å². The third-order valence-electron chi connectivity index (χ3n) is 6.99. The molecule has 2 N–H and O–H groups in total. The van der Waals surface area contributed by atoms with E-state index in [-0.39, 0.29) is 17.9 Å². The van der Waals surface area contributed by atoms with Gasteiger partial charge >= 0.3 is 5.97 Å². The summed E-state index contributed by atoms with van der Waals surface area (Å²) in [6, 6.07) is 29.3. The predicted octanol–water partition coefficient (Wildman–Crippen LogP) is 7.72. The molecule has 6 rings (SSSR count). The zero-order valence-electron chi connectivity index (χ0n) is 21.6. The number of carboxylic acids is 1. The van der Waals surface area contributed by atoms with Crippen molar-refractivity contribution < 1.29 is 23.9 Å². The van der Waals surface area contributed by atoms with E-state index in [2.05, 4.69) is 5.32 Å². The summed E-state index contributed by atoms with van der Waals surface area (Å²) in [5.41, 5.74) is 3.37. The maximum absolute atomic E-state index is 14.1. The number of halogens is 1. The molecule has 1 amide bonds. The standard InChI is InChI=1S/C34H22FNO4S/c35-27-7-3-6-24(15-27)26-16-28(33(38)36-18-20-8-10-22(11-9-20)34(39)40)31-29(19-41-30(31)17-26)32(37)25-13-12-21-4-1-2-5-23(21)14-25/h1-17,19H,18H2,(H,36,38)(H,39,40). The number of carbonyl (C=O) groups excluding carboxylic acids is 2. The van der Waals surface area contributed by atoms with Crippen molar-refractivity contribution in [2.45, 2.75) is 6.54 Å². The quantitative estimate of drug-likeness (QED) is 0.196. The molecule has 41 heavy (non-hydrogen) atoms. The summed E-state index contributed by atoms with van der Waals surface area (Å²) in [4.78, 5) is 38.6. The van der Waals surface area contributed by atoms with Crippen molar-refractivity contribution in [3.05, 3.63) is 142 Å². The van der Waals surface area contributed by atoms with Crippen LogP contribution in [0.2, 0.25) is 0 Å². The lowest BCUT2D eigenvalue weighted by atomic mass is 9.94. The van der Waals surface area contributed by atoms with Gasteiger partial charge in [0.25, 0.3) is 5.91 Å². The molecule has 1 aromatic heterocycles. The van der Waals surface area contributed by atoms with E-state index in [1.807, 2.05) is 42.5 Å². The van der Waals surface area contributed by atoms with Gasteiger partial charge in [0, 0.05) is 38.7 Å². The molecule has 5 nitrogen and oxygen atoms in total. The third-order valence-corrected chi connectivity index (χ3v) is 7.92. The second-order valence-electron chi connectivity index (χ2n) is 9.63. The van der Waals surface area contributed by atoms with Crippen molar-refractivity contribution in [2.24, 2.45) is 0 Å². The van der Waals surface area contributed by atoms with Crippen molar-refractivity contribution in [1.82, 2.24) is 5.32 Å². The number of fused-ring (bicyclic) bond motifs is 2. The van der Waals surface area contributed by atoms with Gasteiger partial charge in [-0.1, -0.05) is 60.7 Å². The smallest absolute Gasteiger partial charge is 0.335 e. The Kier molecular flexibility index (Phi) is 6.87. The van der Waals surface area contributed by atoms with Crippen LogP contribution >= 0.6 is 11.3 Å². The number of rotatable bonds is 7. The second-order valence-corrected chi connectivity index (χ2v) is 10.5. The number of hydrogen-bond acceptors (Lipinski definition) is 4. The first kappa shape index (κ1) is 26.1. The van der Waals surface area contributed by atoms with Gasteiger partial charge in [-0.3, -0.25) is 9.59 Å². The number of amides is 1. The number of benzene rings is 5. The van der Waals surface area contributed by atoms with E-state index >= 15 is 0 Å². The molecule has 0 aliphatic carbocycles. The number of thiophene rings is 1. The Morgan fingerprint density at radius 1 is 0.732 bits per heavy atom. The maximum Gasteiger partial charge on any atom is 0.335 e. The van der Waals surface area contributed by atoms with Gasteiger partial charge in [-0.15, -0.1) is 11.3 Å². The lowest BCUT2D eigenvalue weighted by Gasteiger charge is -2.12. The molecule has 7 heteroatoms. The van der Waals surface area contributed by atoms with E-state index in [4.69, 9.17) is 5.11 Å². The summed E-state index contributed by atoms with van der Waals surface area (Å²) in [6.07, 6.45) is 0. The molecule has 0 bridgehead atoms. The molecular formula is C34H22FNO4S. The molecule has 0 aliphatic heterocycles. The normalized spacial score (nSPS) is 11.0. The molecule has 0 unspecified atom stereocenters. The first-order valence-electron chi connectivity index (χ1n) is 12.8. The average Bonchev–Trinajstić information content (AvgIpc) is 3.43. The molecular weight excluding hydrogens is 537 g/mol. The largest absolute Gasteiger partial charge is 0.478 e. The number of carbonyl (C=O) groups is 3. The minimum absolute atomic E-state index is 0.152. The van der Waals surface area contributed by atoms with Gasteiger partial charge in [-0.05, 0) is 69.9 Å². The first-order valence-corrected chi connectivity index (χ1v) is 13.7. The van der Waals surface area contributed by atoms with E-state index in [0.29, 0.717) is 33.2 Å². The van der Waals surface area contributed by atoms with Crippen molar-refractivity contribution in [3.8, 4) is 11.1 Å². The highest BCUT2D eigenvalue weighted by Crippen LogP contribution is 2.36. The Morgan fingerprint density at radius 2 is 1.49 bits per heavy atom. The predicted molar refractivity (Wildman–Crippen MR) is 159 cm³/mol. The molecule has 0 saturated heterocycles. The van der Waals surface area contributed by atoms with E-state index < -0.39 is 17.7 Å². The highest BCUT2D eigenvalue weighted by atomic mass is 32.1. The van der Waals surface area contributed by atoms with Crippen molar-refractivity contribution >= 4 is 49.9 Å². The summed E-state index contributed by atoms with van der Waals surface area (Å²) in [5.74, 6) is -2.02. The van der Waals surface area contributed by atoms with Gasteiger partial charge in [0.05, 0.1) is 5.56 Å². The van der Waals surface area contributed by atoms with Gasteiger partial charge in [0.2, 0.25) is 0 Å². The molecule has 6 aromatic rings. The number of hydrogen-bond donors (Lipinski definition) is 2. The van der Waals surface area contributed by atoms with E-state index in [0.717, 1.165) is 21.0 Å². The van der Waals surface area contributed by atoms with Crippen LogP contribution in [-0.2, 0) is 6.54 Å². The summed E-state index contributed by atoms with van der Waals surface area (Å²) >= 11 is 1.35. The zero-order chi connectivity index (χ0) is 28.5. The zero-order valence-corrected chi connectivity index (χ0v) is 22.4. The number of aromatic carboxylic acids is 1. The number of carboxylic acid groups (broad SMARTS) is 1. The monoisotopic (exact) mass is 559 g/mol. The van der Waals surface area contributed by atoms with Crippen LogP contribution in [0.5, 0.6) is 0 Å². The molecule has 1 heterocycles. The molecule has 0 fully saturated rings. The topological polar surface area (TPSA) is 83.5 Å². The van der Waals surface area contributed by atoms with Crippen LogP contribution in [0.3, 0.4) is 0 Å². The minimum Gasteiger partial charge on any atom is -0.478 e. The highest BCUT2D eigenvalue weighted by molar-refractivity contribution is 7.17. The third kappa shape index (κ3) is 5.23. The Morgan fingerprint density at radius 3 is 2.24 bits per heavy atom. The van der Waals surface area contributed by atoms with Gasteiger partial charge in [-0.2, -0.15) is 0 Å². The fourth-order valence-electron chi connectivity index (χ4n) is 4.88.